The lowest BCUT2D eigenvalue weighted by molar-refractivity contribution is -0.0885. The Morgan fingerprint density at radius 1 is 0.971 bits per heavy atom. The van der Waals surface area contributed by atoms with Crippen molar-refractivity contribution in [3.63, 3.8) is 0 Å². The van der Waals surface area contributed by atoms with E-state index in [-0.39, 0.29) is 0 Å². The van der Waals surface area contributed by atoms with Crippen molar-refractivity contribution in [1.82, 2.24) is 14.5 Å². The third kappa shape index (κ3) is 4.43. The minimum Gasteiger partial charge on any atom is -0.368 e. The lowest BCUT2D eigenvalue weighted by Crippen LogP contribution is -2.46. The third-order valence-electron chi connectivity index (χ3n) is 6.21. The van der Waals surface area contributed by atoms with Gasteiger partial charge in [0, 0.05) is 56.2 Å². The number of hydrogen-bond acceptors (Lipinski definition) is 5. The van der Waals surface area contributed by atoms with Gasteiger partial charge in [-0.05, 0) is 42.5 Å². The van der Waals surface area contributed by atoms with Gasteiger partial charge in [0.1, 0.15) is 11.6 Å². The second kappa shape index (κ2) is 8.88. The van der Waals surface area contributed by atoms with E-state index in [1.54, 1.807) is 0 Å². The van der Waals surface area contributed by atoms with Crippen molar-refractivity contribution in [3.05, 3.63) is 71.4 Å². The summed E-state index contributed by atoms with van der Waals surface area (Å²) in [6, 6.07) is 16.4. The Hall–Kier alpha value is -3.59. The fourth-order valence-corrected chi connectivity index (χ4v) is 4.53. The highest BCUT2D eigenvalue weighted by Crippen LogP contribution is 2.33. The van der Waals surface area contributed by atoms with E-state index in [4.69, 9.17) is 16.6 Å². The minimum absolute atomic E-state index is 0.462. The van der Waals surface area contributed by atoms with Crippen molar-refractivity contribution in [2.24, 2.45) is 7.05 Å². The number of para-hydroxylation sites is 2. The first-order valence-corrected chi connectivity index (χ1v) is 11.4. The summed E-state index contributed by atoms with van der Waals surface area (Å²) in [5.41, 5.74) is 3.31. The monoisotopic (exact) mass is 499 g/mol. The Morgan fingerprint density at radius 3 is 2.34 bits per heavy atom. The van der Waals surface area contributed by atoms with Gasteiger partial charge in [-0.2, -0.15) is 13.2 Å². The molecule has 0 radical (unpaired) electrons. The van der Waals surface area contributed by atoms with Crippen LogP contribution in [0.25, 0.3) is 22.4 Å². The Bertz CT molecular complexity index is 1390. The average Bonchev–Trinajstić information content (AvgIpc) is 3.20. The van der Waals surface area contributed by atoms with E-state index < -0.39 is 17.5 Å². The van der Waals surface area contributed by atoms with Crippen molar-refractivity contribution >= 4 is 39.9 Å². The molecule has 0 bridgehead atoms. The Labute approximate surface area is 204 Å². The second-order valence-corrected chi connectivity index (χ2v) is 8.76. The highest BCUT2D eigenvalue weighted by atomic mass is 35.5. The van der Waals surface area contributed by atoms with Crippen LogP contribution < -0.4 is 9.80 Å². The molecule has 4 aromatic rings. The van der Waals surface area contributed by atoms with Crippen LogP contribution in [0.5, 0.6) is 0 Å². The van der Waals surface area contributed by atoms with Gasteiger partial charge in [0.05, 0.1) is 16.1 Å². The topological polar surface area (TPSA) is 54.3 Å². The maximum Gasteiger partial charge on any atom is 0.454 e. The largest absolute Gasteiger partial charge is 0.454 e. The first-order valence-electron chi connectivity index (χ1n) is 11.0. The molecule has 6 nitrogen and oxygen atoms in total. The quantitative estimate of drug-likeness (QED) is 0.354. The van der Waals surface area contributed by atoms with Crippen LogP contribution in [0.3, 0.4) is 0 Å². The lowest BCUT2D eigenvalue weighted by Gasteiger charge is -2.37. The first-order chi connectivity index (χ1) is 16.7. The summed E-state index contributed by atoms with van der Waals surface area (Å²) in [4.78, 5) is 24.4. The van der Waals surface area contributed by atoms with Crippen LogP contribution in [0.4, 0.5) is 24.7 Å². The van der Waals surface area contributed by atoms with Crippen molar-refractivity contribution in [3.8, 4) is 11.4 Å². The van der Waals surface area contributed by atoms with E-state index in [9.17, 15) is 18.0 Å². The zero-order valence-electron chi connectivity index (χ0n) is 18.8. The molecule has 10 heteroatoms. The molecule has 5 rings (SSSR count). The van der Waals surface area contributed by atoms with Gasteiger partial charge in [0.25, 0.3) is 5.78 Å². The van der Waals surface area contributed by atoms with Gasteiger partial charge < -0.3 is 14.4 Å². The molecule has 0 spiro atoms. The maximum absolute atomic E-state index is 12.6. The van der Waals surface area contributed by atoms with Crippen molar-refractivity contribution in [2.75, 3.05) is 36.0 Å². The van der Waals surface area contributed by atoms with E-state index in [0.717, 1.165) is 34.3 Å². The van der Waals surface area contributed by atoms with E-state index in [2.05, 4.69) is 9.88 Å². The molecule has 180 valence electrons. The van der Waals surface area contributed by atoms with Crippen LogP contribution in [0.1, 0.15) is 10.4 Å². The number of aryl methyl sites for hydroxylation is 1. The molecule has 0 aliphatic carbocycles. The molecular weight excluding hydrogens is 479 g/mol. The van der Waals surface area contributed by atoms with Crippen LogP contribution in [0, 0.1) is 0 Å². The van der Waals surface area contributed by atoms with Crippen LogP contribution in [-0.2, 0) is 7.05 Å². The number of hydrogen-bond donors (Lipinski definition) is 0. The number of carbonyl (C=O) groups excluding carboxylic acids is 1. The van der Waals surface area contributed by atoms with Crippen molar-refractivity contribution < 1.29 is 18.0 Å². The predicted molar refractivity (Wildman–Crippen MR) is 130 cm³/mol. The zero-order valence-corrected chi connectivity index (χ0v) is 19.5. The van der Waals surface area contributed by atoms with Crippen molar-refractivity contribution in [2.45, 2.75) is 6.18 Å². The number of benzene rings is 2. The molecule has 0 atom stereocenters. The molecular formula is C25H21ClF3N5O. The average molecular weight is 500 g/mol. The van der Waals surface area contributed by atoms with Gasteiger partial charge >= 0.3 is 6.18 Å². The number of pyridine rings is 1. The fraction of sp³-hybridized carbons (Fsp3) is 0.240. The van der Waals surface area contributed by atoms with Gasteiger partial charge in [-0.25, -0.2) is 9.97 Å². The molecule has 2 aromatic heterocycles. The summed E-state index contributed by atoms with van der Waals surface area (Å²) in [6.45, 7) is 2.64. The van der Waals surface area contributed by atoms with Crippen LogP contribution in [0.15, 0.2) is 60.8 Å². The van der Waals surface area contributed by atoms with E-state index in [1.807, 2.05) is 59.0 Å². The van der Waals surface area contributed by atoms with Crippen molar-refractivity contribution in [1.29, 1.82) is 0 Å². The number of nitrogens with zero attached hydrogens (tertiary/aromatic N) is 5. The normalized spacial score (nSPS) is 14.5. The number of alkyl halides is 3. The summed E-state index contributed by atoms with van der Waals surface area (Å²) < 4.78 is 39.9. The number of rotatable bonds is 4. The Balaban J connectivity index is 1.32. The van der Waals surface area contributed by atoms with Crippen LogP contribution >= 0.6 is 11.6 Å². The minimum atomic E-state index is -4.91. The summed E-state index contributed by atoms with van der Waals surface area (Å²) in [6.07, 6.45) is -3.92. The number of fused-ring (bicyclic) bond motifs is 1. The van der Waals surface area contributed by atoms with E-state index in [1.165, 1.54) is 12.1 Å². The SMILES string of the molecule is Cn1c(-c2cc(N3CCN(c4ccc(C(=O)C(F)(F)F)cn4)CC3)ccc2Cl)nc2ccccc21. The number of ketones is 1. The first kappa shape index (κ1) is 23.2. The van der Waals surface area contributed by atoms with Crippen LogP contribution in [-0.4, -0.2) is 52.7 Å². The molecule has 1 aliphatic rings. The lowest BCUT2D eigenvalue weighted by atomic mass is 10.1. The molecule has 0 amide bonds. The van der Waals surface area contributed by atoms with Gasteiger partial charge in [-0.3, -0.25) is 4.79 Å². The number of anilines is 2. The molecule has 2 aromatic carbocycles. The van der Waals surface area contributed by atoms with Crippen LogP contribution in [0.2, 0.25) is 5.02 Å². The molecule has 0 N–H and O–H groups in total. The van der Waals surface area contributed by atoms with Gasteiger partial charge in [0.2, 0.25) is 0 Å². The summed E-state index contributed by atoms with van der Waals surface area (Å²) in [5, 5.41) is 0.614. The highest BCUT2D eigenvalue weighted by molar-refractivity contribution is 6.33. The molecule has 0 saturated carbocycles. The second-order valence-electron chi connectivity index (χ2n) is 8.35. The molecule has 1 aliphatic heterocycles. The number of halogens is 4. The van der Waals surface area contributed by atoms with Gasteiger partial charge in [-0.15, -0.1) is 0 Å². The molecule has 3 heterocycles. The standard InChI is InChI=1S/C25H21ClF3N5O/c1-32-21-5-3-2-4-20(21)31-24(32)18-14-17(7-8-19(18)26)33-10-12-34(13-11-33)22-9-6-16(15-30-22)23(35)25(27,28)29/h2-9,14-15H,10-13H2,1H3. The van der Waals surface area contributed by atoms with Gasteiger partial charge in [0.15, 0.2) is 0 Å². The molecule has 35 heavy (non-hydrogen) atoms. The summed E-state index contributed by atoms with van der Waals surface area (Å²) in [7, 11) is 1.97. The van der Waals surface area contributed by atoms with Gasteiger partial charge in [-0.1, -0.05) is 23.7 Å². The number of Topliss-reactive ketones (excluding diaryl/α,β-unsaturated/α-hetero) is 1. The molecule has 1 fully saturated rings. The third-order valence-corrected chi connectivity index (χ3v) is 6.54. The summed E-state index contributed by atoms with van der Waals surface area (Å²) >= 11 is 6.55. The number of piperazine rings is 1. The smallest absolute Gasteiger partial charge is 0.368 e. The van der Waals surface area contributed by atoms with E-state index >= 15 is 0 Å². The number of carbonyl (C=O) groups is 1. The number of imidazole rings is 1. The Kier molecular flexibility index (Phi) is 5.88. The van der Waals surface area contributed by atoms with E-state index in [0.29, 0.717) is 37.0 Å². The fourth-order valence-electron chi connectivity index (χ4n) is 4.33. The molecule has 0 unspecified atom stereocenters. The summed E-state index contributed by atoms with van der Waals surface area (Å²) in [5.74, 6) is -0.560. The zero-order chi connectivity index (χ0) is 24.7. The maximum atomic E-state index is 12.6. The Morgan fingerprint density at radius 2 is 1.69 bits per heavy atom. The molecule has 1 saturated heterocycles. The predicted octanol–water partition coefficient (Wildman–Crippen LogP) is 5.36. The highest BCUT2D eigenvalue weighted by Gasteiger charge is 2.39. The number of aromatic nitrogens is 3.